The van der Waals surface area contributed by atoms with E-state index in [1.807, 2.05) is 0 Å². The van der Waals surface area contributed by atoms with Gasteiger partial charge in [-0.05, 0) is 31.5 Å². The van der Waals surface area contributed by atoms with E-state index in [-0.39, 0.29) is 17.6 Å². The first-order valence-corrected chi connectivity index (χ1v) is 6.37. The van der Waals surface area contributed by atoms with Gasteiger partial charge in [0.15, 0.2) is 0 Å². The lowest BCUT2D eigenvalue weighted by atomic mass is 10.2. The zero-order chi connectivity index (χ0) is 13.9. The maximum atomic E-state index is 13.4. The monoisotopic (exact) mass is 276 g/mol. The summed E-state index contributed by atoms with van der Waals surface area (Å²) < 4.78 is 18.5. The molecule has 0 saturated carbocycles. The Bertz CT molecular complexity index is 622. The molecular formula is C13H13FN4O2. The van der Waals surface area contributed by atoms with Crippen molar-refractivity contribution in [3.05, 3.63) is 41.8 Å². The molecule has 2 N–H and O–H groups in total. The van der Waals surface area contributed by atoms with Crippen LogP contribution in [0.2, 0.25) is 0 Å². The third kappa shape index (κ3) is 2.53. The number of amides is 1. The first-order chi connectivity index (χ1) is 9.74. The van der Waals surface area contributed by atoms with E-state index in [1.165, 1.54) is 12.1 Å². The van der Waals surface area contributed by atoms with Crippen molar-refractivity contribution < 1.29 is 13.7 Å². The minimum atomic E-state index is -0.594. The van der Waals surface area contributed by atoms with Crippen LogP contribution in [0.15, 0.2) is 28.8 Å². The second-order valence-corrected chi connectivity index (χ2v) is 4.54. The zero-order valence-electron chi connectivity index (χ0n) is 10.6. The number of anilines is 1. The molecule has 0 aliphatic carbocycles. The summed E-state index contributed by atoms with van der Waals surface area (Å²) in [5.74, 6) is -0.816. The summed E-state index contributed by atoms with van der Waals surface area (Å²) in [6.45, 7) is 0.893. The van der Waals surface area contributed by atoms with Crippen LogP contribution in [0.4, 0.5) is 10.1 Å². The maximum Gasteiger partial charge on any atom is 0.297 e. The number of aromatic nitrogens is 2. The molecule has 2 aromatic rings. The highest BCUT2D eigenvalue weighted by atomic mass is 19.1. The van der Waals surface area contributed by atoms with E-state index < -0.39 is 11.7 Å². The second kappa shape index (κ2) is 5.38. The van der Waals surface area contributed by atoms with E-state index in [0.717, 1.165) is 19.4 Å². The van der Waals surface area contributed by atoms with Crippen LogP contribution >= 0.6 is 0 Å². The first kappa shape index (κ1) is 12.7. The zero-order valence-corrected chi connectivity index (χ0v) is 10.6. The predicted octanol–water partition coefficient (Wildman–Crippen LogP) is 1.89. The molecule has 2 heterocycles. The van der Waals surface area contributed by atoms with Crippen LogP contribution in [0.5, 0.6) is 0 Å². The molecule has 0 spiro atoms. The van der Waals surface area contributed by atoms with Crippen LogP contribution in [-0.2, 0) is 0 Å². The van der Waals surface area contributed by atoms with Gasteiger partial charge < -0.3 is 15.2 Å². The number of nitrogens with zero attached hydrogens (tertiary/aromatic N) is 2. The number of hydrogen-bond acceptors (Lipinski definition) is 5. The molecule has 1 aromatic carbocycles. The molecule has 0 bridgehead atoms. The number of nitrogens with one attached hydrogen (secondary N) is 2. The summed E-state index contributed by atoms with van der Waals surface area (Å²) >= 11 is 0. The Morgan fingerprint density at radius 1 is 1.45 bits per heavy atom. The average molecular weight is 276 g/mol. The van der Waals surface area contributed by atoms with Gasteiger partial charge >= 0.3 is 0 Å². The summed E-state index contributed by atoms with van der Waals surface area (Å²) in [5.41, 5.74) is 0.0860. The van der Waals surface area contributed by atoms with Crippen molar-refractivity contribution >= 4 is 11.6 Å². The summed E-state index contributed by atoms with van der Waals surface area (Å²) in [7, 11) is 0. The van der Waals surface area contributed by atoms with Crippen LogP contribution in [-0.4, -0.2) is 22.6 Å². The third-order valence-electron chi connectivity index (χ3n) is 3.13. The first-order valence-electron chi connectivity index (χ1n) is 6.37. The van der Waals surface area contributed by atoms with Gasteiger partial charge in [-0.25, -0.2) is 4.39 Å². The summed E-state index contributed by atoms with van der Waals surface area (Å²) in [4.78, 5) is 16.0. The highest BCUT2D eigenvalue weighted by Crippen LogP contribution is 2.21. The van der Waals surface area contributed by atoms with E-state index in [4.69, 9.17) is 4.52 Å². The van der Waals surface area contributed by atoms with Crippen molar-refractivity contribution in [1.29, 1.82) is 0 Å². The van der Waals surface area contributed by atoms with Crippen LogP contribution in [0.25, 0.3) is 0 Å². The molecule has 1 aromatic heterocycles. The average Bonchev–Trinajstić information content (AvgIpc) is 3.11. The number of para-hydroxylation sites is 1. The number of hydrogen-bond donors (Lipinski definition) is 2. The number of rotatable bonds is 3. The molecule has 0 radical (unpaired) electrons. The van der Waals surface area contributed by atoms with Crippen LogP contribution in [0, 0.1) is 5.82 Å². The smallest absolute Gasteiger partial charge is 0.297 e. The van der Waals surface area contributed by atoms with Gasteiger partial charge in [-0.2, -0.15) is 4.98 Å². The van der Waals surface area contributed by atoms with Gasteiger partial charge in [0, 0.05) is 0 Å². The Hall–Kier alpha value is -2.28. The quantitative estimate of drug-likeness (QED) is 0.894. The van der Waals surface area contributed by atoms with Gasteiger partial charge in [-0.3, -0.25) is 4.79 Å². The van der Waals surface area contributed by atoms with E-state index >= 15 is 0 Å². The van der Waals surface area contributed by atoms with Crippen LogP contribution in [0.1, 0.15) is 35.4 Å². The fourth-order valence-corrected chi connectivity index (χ4v) is 2.11. The molecule has 1 aliphatic heterocycles. The summed E-state index contributed by atoms with van der Waals surface area (Å²) in [5, 5.41) is 9.23. The lowest BCUT2D eigenvalue weighted by Crippen LogP contribution is -2.16. The van der Waals surface area contributed by atoms with Crippen LogP contribution < -0.4 is 10.6 Å². The Balaban J connectivity index is 1.73. The largest absolute Gasteiger partial charge is 0.337 e. The molecule has 1 fully saturated rings. The van der Waals surface area contributed by atoms with Gasteiger partial charge in [-0.1, -0.05) is 17.3 Å². The van der Waals surface area contributed by atoms with Gasteiger partial charge in [-0.15, -0.1) is 0 Å². The molecule has 6 nitrogen and oxygen atoms in total. The number of benzene rings is 1. The van der Waals surface area contributed by atoms with Crippen molar-refractivity contribution in [2.75, 3.05) is 11.9 Å². The highest BCUT2D eigenvalue weighted by molar-refractivity contribution is 6.01. The van der Waals surface area contributed by atoms with Gasteiger partial charge in [0.05, 0.1) is 11.7 Å². The maximum absolute atomic E-state index is 13.4. The van der Waals surface area contributed by atoms with E-state index in [0.29, 0.717) is 5.89 Å². The minimum absolute atomic E-state index is 0.00230. The minimum Gasteiger partial charge on any atom is -0.337 e. The molecule has 1 amide bonds. The highest BCUT2D eigenvalue weighted by Gasteiger charge is 2.24. The van der Waals surface area contributed by atoms with Crippen molar-refractivity contribution in [1.82, 2.24) is 15.5 Å². The Kier molecular flexibility index (Phi) is 3.42. The Morgan fingerprint density at radius 3 is 3.05 bits per heavy atom. The van der Waals surface area contributed by atoms with E-state index in [9.17, 15) is 9.18 Å². The van der Waals surface area contributed by atoms with Crippen LogP contribution in [0.3, 0.4) is 0 Å². The van der Waals surface area contributed by atoms with Crippen molar-refractivity contribution in [3.8, 4) is 0 Å². The predicted molar refractivity (Wildman–Crippen MR) is 68.6 cm³/mol. The third-order valence-corrected chi connectivity index (χ3v) is 3.13. The van der Waals surface area contributed by atoms with E-state index in [1.54, 1.807) is 12.1 Å². The van der Waals surface area contributed by atoms with Gasteiger partial charge in [0.2, 0.25) is 5.89 Å². The number of carbonyl (C=O) groups is 1. The molecule has 1 atom stereocenters. The molecule has 1 saturated heterocycles. The fraction of sp³-hybridized carbons (Fsp3) is 0.308. The lowest BCUT2D eigenvalue weighted by molar-refractivity contribution is 0.101. The topological polar surface area (TPSA) is 80.0 Å². The SMILES string of the molecule is O=C(Nc1ccccc1F)c1noc(C2CCCN2)n1. The summed E-state index contributed by atoms with van der Waals surface area (Å²) in [6, 6.07) is 5.90. The molecule has 1 unspecified atom stereocenters. The molecule has 3 rings (SSSR count). The Labute approximate surface area is 114 Å². The number of carbonyl (C=O) groups excluding carboxylic acids is 1. The van der Waals surface area contributed by atoms with E-state index in [2.05, 4.69) is 20.8 Å². The molecule has 20 heavy (non-hydrogen) atoms. The molecule has 7 heteroatoms. The standard InChI is InChI=1S/C13H13FN4O2/c14-8-4-1-2-5-9(8)16-12(19)11-17-13(20-18-11)10-6-3-7-15-10/h1-2,4-5,10,15H,3,6-7H2,(H,16,19). The lowest BCUT2D eigenvalue weighted by Gasteiger charge is -2.03. The van der Waals surface area contributed by atoms with Crippen molar-refractivity contribution in [2.45, 2.75) is 18.9 Å². The van der Waals surface area contributed by atoms with Gasteiger partial charge in [0.25, 0.3) is 11.7 Å². The summed E-state index contributed by atoms with van der Waals surface area (Å²) in [6.07, 6.45) is 1.93. The Morgan fingerprint density at radius 2 is 2.30 bits per heavy atom. The van der Waals surface area contributed by atoms with Crippen molar-refractivity contribution in [2.24, 2.45) is 0 Å². The normalized spacial score (nSPS) is 18.1. The molecule has 1 aliphatic rings. The fourth-order valence-electron chi connectivity index (χ4n) is 2.11. The molecule has 104 valence electrons. The second-order valence-electron chi connectivity index (χ2n) is 4.54. The van der Waals surface area contributed by atoms with Gasteiger partial charge in [0.1, 0.15) is 5.82 Å². The van der Waals surface area contributed by atoms with Crippen molar-refractivity contribution in [3.63, 3.8) is 0 Å². The molecular weight excluding hydrogens is 263 g/mol. The number of halogens is 1.